The predicted molar refractivity (Wildman–Crippen MR) is 104 cm³/mol. The molecule has 2 aromatic rings. The first-order valence-electron chi connectivity index (χ1n) is 8.68. The fourth-order valence-corrected chi connectivity index (χ4v) is 3.98. The molecule has 154 valence electrons. The normalized spacial score (nSPS) is 18.1. The van der Waals surface area contributed by atoms with Crippen LogP contribution in [0.15, 0.2) is 23.1 Å². The van der Waals surface area contributed by atoms with Gasteiger partial charge >= 0.3 is 0 Å². The highest BCUT2D eigenvalue weighted by Crippen LogP contribution is 2.33. The van der Waals surface area contributed by atoms with Crippen LogP contribution in [-0.4, -0.2) is 28.6 Å². The average Bonchev–Trinajstić information content (AvgIpc) is 2.99. The summed E-state index contributed by atoms with van der Waals surface area (Å²) in [7, 11) is 0. The maximum absolute atomic E-state index is 13.7. The number of rotatable bonds is 5. The molecule has 2 N–H and O–H groups in total. The van der Waals surface area contributed by atoms with Crippen molar-refractivity contribution in [2.45, 2.75) is 25.8 Å². The largest absolute Gasteiger partial charge is 0.396 e. The third-order valence-corrected chi connectivity index (χ3v) is 5.81. The Labute approximate surface area is 173 Å². The maximum atomic E-state index is 13.7. The number of alkyl halides is 2. The lowest BCUT2D eigenvalue weighted by atomic mass is 9.76. The van der Waals surface area contributed by atoms with E-state index in [1.807, 2.05) is 0 Å². The van der Waals surface area contributed by atoms with Gasteiger partial charge < -0.3 is 15.0 Å². The molecule has 1 saturated carbocycles. The van der Waals surface area contributed by atoms with Gasteiger partial charge in [-0.15, -0.1) is 11.3 Å². The summed E-state index contributed by atoms with van der Waals surface area (Å²) >= 11 is 7.10. The van der Waals surface area contributed by atoms with Crippen molar-refractivity contribution >= 4 is 34.5 Å². The van der Waals surface area contributed by atoms with Gasteiger partial charge in [-0.1, -0.05) is 23.4 Å². The standard InChI is InChI=1S/C19H16ClF3N2O3S/c20-17-12(2-1-10-3-11(4-10)9-26)5-15(29-17)18(27)24-13-6-14(21)19(28)25(7-13)8-16(22)23/h5-7,10-11,16,26H,3-4,8-9H2,(H,24,27). The summed E-state index contributed by atoms with van der Waals surface area (Å²) < 4.78 is 39.6. The van der Waals surface area contributed by atoms with Crippen molar-refractivity contribution in [3.05, 3.63) is 49.3 Å². The molecule has 1 aliphatic carbocycles. The van der Waals surface area contributed by atoms with E-state index in [9.17, 15) is 22.8 Å². The minimum Gasteiger partial charge on any atom is -0.396 e. The lowest BCUT2D eigenvalue weighted by molar-refractivity contribution is 0.103. The van der Waals surface area contributed by atoms with E-state index in [0.29, 0.717) is 14.5 Å². The van der Waals surface area contributed by atoms with E-state index >= 15 is 0 Å². The molecule has 0 saturated heterocycles. The summed E-state index contributed by atoms with van der Waals surface area (Å²) in [6, 6.07) is 2.26. The molecule has 2 heterocycles. The molecule has 29 heavy (non-hydrogen) atoms. The number of carbonyl (C=O) groups is 1. The Balaban J connectivity index is 1.73. The number of halogens is 4. The van der Waals surface area contributed by atoms with Crippen LogP contribution in [0.1, 0.15) is 28.1 Å². The van der Waals surface area contributed by atoms with Crippen molar-refractivity contribution in [2.75, 3.05) is 11.9 Å². The first kappa shape index (κ1) is 21.4. The summed E-state index contributed by atoms with van der Waals surface area (Å²) in [6.45, 7) is -0.838. The third kappa shape index (κ3) is 5.21. The van der Waals surface area contributed by atoms with Crippen LogP contribution < -0.4 is 10.9 Å². The molecule has 1 amide bonds. The summed E-state index contributed by atoms with van der Waals surface area (Å²) in [4.78, 5) is 24.2. The van der Waals surface area contributed by atoms with E-state index in [-0.39, 0.29) is 29.0 Å². The van der Waals surface area contributed by atoms with Crippen LogP contribution in [0.2, 0.25) is 4.34 Å². The number of amides is 1. The smallest absolute Gasteiger partial charge is 0.286 e. The van der Waals surface area contributed by atoms with Gasteiger partial charge in [0.15, 0.2) is 5.82 Å². The molecule has 10 heteroatoms. The number of carbonyl (C=O) groups excluding carboxylic acids is 1. The van der Waals surface area contributed by atoms with Gasteiger partial charge in [-0.3, -0.25) is 9.59 Å². The van der Waals surface area contributed by atoms with Gasteiger partial charge in [0.1, 0.15) is 4.34 Å². The van der Waals surface area contributed by atoms with Crippen molar-refractivity contribution in [3.63, 3.8) is 0 Å². The number of anilines is 1. The average molecular weight is 445 g/mol. The number of aromatic nitrogens is 1. The van der Waals surface area contributed by atoms with E-state index in [0.717, 1.165) is 36.4 Å². The molecule has 0 aliphatic heterocycles. The topological polar surface area (TPSA) is 71.3 Å². The number of nitrogens with zero attached hydrogens (tertiary/aromatic N) is 1. The molecule has 1 aliphatic rings. The second kappa shape index (κ2) is 9.03. The molecule has 0 radical (unpaired) electrons. The van der Waals surface area contributed by atoms with Gasteiger partial charge in [0.25, 0.3) is 17.9 Å². The van der Waals surface area contributed by atoms with Crippen molar-refractivity contribution < 1.29 is 23.1 Å². The Morgan fingerprint density at radius 2 is 2.14 bits per heavy atom. The SMILES string of the molecule is O=C(Nc1cc(F)c(=O)n(CC(F)F)c1)c1cc(C#CC2CC(CO)C2)c(Cl)s1. The van der Waals surface area contributed by atoms with Gasteiger partial charge in [-0.25, -0.2) is 13.2 Å². The van der Waals surface area contributed by atoms with Gasteiger partial charge in [0.2, 0.25) is 0 Å². The highest BCUT2D eigenvalue weighted by Gasteiger charge is 2.26. The van der Waals surface area contributed by atoms with Crippen LogP contribution in [0.4, 0.5) is 18.9 Å². The fraction of sp³-hybridized carbons (Fsp3) is 0.368. The summed E-state index contributed by atoms with van der Waals surface area (Å²) in [5.74, 6) is 4.56. The molecule has 0 aromatic carbocycles. The Hall–Kier alpha value is -2.28. The van der Waals surface area contributed by atoms with Gasteiger partial charge in [-0.05, 0) is 24.8 Å². The molecule has 3 rings (SSSR count). The monoisotopic (exact) mass is 444 g/mol. The zero-order valence-corrected chi connectivity index (χ0v) is 16.5. The zero-order chi connectivity index (χ0) is 21.1. The van der Waals surface area contributed by atoms with Crippen LogP contribution >= 0.6 is 22.9 Å². The Morgan fingerprint density at radius 1 is 1.41 bits per heavy atom. The minimum absolute atomic E-state index is 0.130. The quantitative estimate of drug-likeness (QED) is 0.692. The van der Waals surface area contributed by atoms with Crippen LogP contribution in [0.5, 0.6) is 0 Å². The third-order valence-electron chi connectivity index (χ3n) is 4.45. The minimum atomic E-state index is -2.85. The van der Waals surface area contributed by atoms with E-state index in [4.69, 9.17) is 16.7 Å². The number of nitrogens with one attached hydrogen (secondary N) is 1. The summed E-state index contributed by atoms with van der Waals surface area (Å²) in [6.07, 6.45) is -0.255. The van der Waals surface area contributed by atoms with Gasteiger partial charge in [0, 0.05) is 24.8 Å². The molecule has 0 spiro atoms. The Bertz CT molecular complexity index is 1040. The van der Waals surface area contributed by atoms with Crippen LogP contribution in [-0.2, 0) is 6.54 Å². The van der Waals surface area contributed by atoms with Crippen molar-refractivity contribution in [3.8, 4) is 11.8 Å². The molecular formula is C19H16ClF3N2O3S. The van der Waals surface area contributed by atoms with Gasteiger partial charge in [0.05, 0.1) is 22.7 Å². The molecule has 1 fully saturated rings. The molecule has 5 nitrogen and oxygen atoms in total. The van der Waals surface area contributed by atoms with E-state index in [1.54, 1.807) is 0 Å². The molecule has 0 unspecified atom stereocenters. The van der Waals surface area contributed by atoms with E-state index in [1.165, 1.54) is 6.07 Å². The number of hydrogen-bond acceptors (Lipinski definition) is 4. The number of hydrogen-bond donors (Lipinski definition) is 2. The first-order chi connectivity index (χ1) is 13.8. The van der Waals surface area contributed by atoms with Crippen molar-refractivity contribution in [2.24, 2.45) is 11.8 Å². The second-order valence-corrected chi connectivity index (χ2v) is 8.32. The van der Waals surface area contributed by atoms with Crippen molar-refractivity contribution in [1.82, 2.24) is 4.57 Å². The van der Waals surface area contributed by atoms with Crippen LogP contribution in [0.25, 0.3) is 0 Å². The summed E-state index contributed by atoms with van der Waals surface area (Å²) in [5.41, 5.74) is -0.850. The van der Waals surface area contributed by atoms with E-state index < -0.39 is 30.3 Å². The van der Waals surface area contributed by atoms with E-state index in [2.05, 4.69) is 17.2 Å². The Morgan fingerprint density at radius 3 is 2.79 bits per heavy atom. The molecule has 0 atom stereocenters. The molecular weight excluding hydrogens is 429 g/mol. The predicted octanol–water partition coefficient (Wildman–Crippen LogP) is 3.59. The lowest BCUT2D eigenvalue weighted by Crippen LogP contribution is -2.26. The highest BCUT2D eigenvalue weighted by molar-refractivity contribution is 7.18. The summed E-state index contributed by atoms with van der Waals surface area (Å²) in [5, 5.41) is 11.4. The Kier molecular flexibility index (Phi) is 6.67. The second-order valence-electron chi connectivity index (χ2n) is 6.66. The molecule has 2 aromatic heterocycles. The number of pyridine rings is 1. The zero-order valence-electron chi connectivity index (χ0n) is 14.9. The van der Waals surface area contributed by atoms with Gasteiger partial charge in [-0.2, -0.15) is 0 Å². The first-order valence-corrected chi connectivity index (χ1v) is 9.87. The lowest BCUT2D eigenvalue weighted by Gasteiger charge is -2.29. The molecule has 0 bridgehead atoms. The number of thiophene rings is 1. The fourth-order valence-electron chi connectivity index (χ4n) is 2.89. The number of aliphatic hydroxyl groups is 1. The number of aliphatic hydroxyl groups excluding tert-OH is 1. The maximum Gasteiger partial charge on any atom is 0.286 e. The van der Waals surface area contributed by atoms with Crippen LogP contribution in [0.3, 0.4) is 0 Å². The van der Waals surface area contributed by atoms with Crippen molar-refractivity contribution in [1.29, 1.82) is 0 Å². The van der Waals surface area contributed by atoms with Crippen LogP contribution in [0, 0.1) is 29.5 Å². The highest BCUT2D eigenvalue weighted by atomic mass is 35.5.